The van der Waals surface area contributed by atoms with Gasteiger partial charge >= 0.3 is 0 Å². The van der Waals surface area contributed by atoms with Gasteiger partial charge in [0.25, 0.3) is 0 Å². The molecule has 1 aliphatic carbocycles. The Morgan fingerprint density at radius 1 is 1.33 bits per heavy atom. The van der Waals surface area contributed by atoms with Gasteiger partial charge in [-0.15, -0.1) is 0 Å². The Kier molecular flexibility index (Phi) is 4.25. The first kappa shape index (κ1) is 15.2. The molecule has 1 aliphatic heterocycles. The topological polar surface area (TPSA) is 75.4 Å². The van der Waals surface area contributed by atoms with Crippen LogP contribution in [-0.2, 0) is 16.6 Å². The lowest BCUT2D eigenvalue weighted by molar-refractivity contribution is 0.322. The lowest BCUT2D eigenvalue weighted by Crippen LogP contribution is -2.37. The summed E-state index contributed by atoms with van der Waals surface area (Å²) in [6, 6.07) is 5.52. The van der Waals surface area contributed by atoms with Crippen molar-refractivity contribution >= 4 is 21.6 Å². The van der Waals surface area contributed by atoms with Crippen LogP contribution >= 0.6 is 11.6 Å². The summed E-state index contributed by atoms with van der Waals surface area (Å²) in [5.41, 5.74) is 6.32. The van der Waals surface area contributed by atoms with Gasteiger partial charge in [-0.3, -0.25) is 4.90 Å². The molecule has 1 aromatic carbocycles. The third kappa shape index (κ3) is 3.40. The standard InChI is InChI=1S/C14H20ClN3O2S/c15-13-4-1-10(8-16)7-14(13)21(19,20)17-11-5-6-18(9-11)12-2-3-12/h1,4,7,11-12,17H,2-3,5-6,8-9,16H2. The zero-order chi connectivity index (χ0) is 15.0. The summed E-state index contributed by atoms with van der Waals surface area (Å²) in [6.07, 6.45) is 3.33. The van der Waals surface area contributed by atoms with Crippen LogP contribution in [0.2, 0.25) is 5.02 Å². The molecule has 7 heteroatoms. The Balaban J connectivity index is 1.74. The van der Waals surface area contributed by atoms with Crippen molar-refractivity contribution in [2.75, 3.05) is 13.1 Å². The van der Waals surface area contributed by atoms with Crippen LogP contribution in [0.25, 0.3) is 0 Å². The van der Waals surface area contributed by atoms with Gasteiger partial charge in [0.1, 0.15) is 4.90 Å². The molecule has 3 rings (SSSR count). The highest BCUT2D eigenvalue weighted by Crippen LogP contribution is 2.30. The number of hydrogen-bond donors (Lipinski definition) is 2. The van der Waals surface area contributed by atoms with Gasteiger partial charge in [-0.2, -0.15) is 0 Å². The summed E-state index contributed by atoms with van der Waals surface area (Å²) in [6.45, 7) is 2.05. The number of hydrogen-bond acceptors (Lipinski definition) is 4. The van der Waals surface area contributed by atoms with E-state index in [4.69, 9.17) is 17.3 Å². The van der Waals surface area contributed by atoms with E-state index >= 15 is 0 Å². The zero-order valence-electron chi connectivity index (χ0n) is 11.8. The fourth-order valence-electron chi connectivity index (χ4n) is 2.82. The molecule has 3 N–H and O–H groups in total. The monoisotopic (exact) mass is 329 g/mol. The number of likely N-dealkylation sites (tertiary alicyclic amines) is 1. The number of nitrogens with two attached hydrogens (primary N) is 1. The molecule has 1 unspecified atom stereocenters. The lowest BCUT2D eigenvalue weighted by atomic mass is 10.2. The molecule has 0 radical (unpaired) electrons. The molecule has 0 aromatic heterocycles. The smallest absolute Gasteiger partial charge is 0.242 e. The number of sulfonamides is 1. The number of benzene rings is 1. The Labute approximate surface area is 130 Å². The van der Waals surface area contributed by atoms with Gasteiger partial charge in [0.15, 0.2) is 0 Å². The van der Waals surface area contributed by atoms with Gasteiger partial charge in [-0.05, 0) is 37.0 Å². The van der Waals surface area contributed by atoms with Crippen LogP contribution in [0.1, 0.15) is 24.8 Å². The molecule has 2 aliphatic rings. The summed E-state index contributed by atoms with van der Waals surface area (Å²) in [5.74, 6) is 0. The van der Waals surface area contributed by atoms with Crippen LogP contribution in [0.3, 0.4) is 0 Å². The van der Waals surface area contributed by atoms with E-state index in [0.717, 1.165) is 25.1 Å². The fraction of sp³-hybridized carbons (Fsp3) is 0.571. The van der Waals surface area contributed by atoms with Gasteiger partial charge in [0.05, 0.1) is 5.02 Å². The van der Waals surface area contributed by atoms with E-state index in [1.165, 1.54) is 12.8 Å². The average Bonchev–Trinajstić information content (AvgIpc) is 3.20. The summed E-state index contributed by atoms with van der Waals surface area (Å²) < 4.78 is 27.8. The second kappa shape index (κ2) is 5.85. The first-order valence-corrected chi connectivity index (χ1v) is 9.10. The summed E-state index contributed by atoms with van der Waals surface area (Å²) in [7, 11) is -3.60. The van der Waals surface area contributed by atoms with E-state index in [1.807, 2.05) is 0 Å². The third-order valence-corrected chi connectivity index (χ3v) is 6.13. The highest BCUT2D eigenvalue weighted by atomic mass is 35.5. The second-order valence-electron chi connectivity index (χ2n) is 5.80. The summed E-state index contributed by atoms with van der Waals surface area (Å²) >= 11 is 6.04. The van der Waals surface area contributed by atoms with E-state index in [0.29, 0.717) is 12.6 Å². The van der Waals surface area contributed by atoms with Crippen LogP contribution in [0.5, 0.6) is 0 Å². The molecule has 21 heavy (non-hydrogen) atoms. The van der Waals surface area contributed by atoms with Gasteiger partial charge in [0, 0.05) is 31.7 Å². The van der Waals surface area contributed by atoms with Gasteiger partial charge in [-0.25, -0.2) is 13.1 Å². The number of halogens is 1. The minimum atomic E-state index is -3.60. The van der Waals surface area contributed by atoms with Gasteiger partial charge < -0.3 is 5.73 Å². The molecule has 0 spiro atoms. The van der Waals surface area contributed by atoms with Crippen molar-refractivity contribution in [3.05, 3.63) is 28.8 Å². The van der Waals surface area contributed by atoms with Crippen LogP contribution in [0, 0.1) is 0 Å². The first-order chi connectivity index (χ1) is 9.99. The molecular formula is C14H20ClN3O2S. The van der Waals surface area contributed by atoms with Crippen molar-refractivity contribution in [2.24, 2.45) is 5.73 Å². The molecule has 1 aromatic rings. The van der Waals surface area contributed by atoms with E-state index in [-0.39, 0.29) is 16.0 Å². The lowest BCUT2D eigenvalue weighted by Gasteiger charge is -2.16. The predicted octanol–water partition coefficient (Wildman–Crippen LogP) is 1.31. The van der Waals surface area contributed by atoms with Crippen LogP contribution in [0.4, 0.5) is 0 Å². The van der Waals surface area contributed by atoms with Gasteiger partial charge in [0.2, 0.25) is 10.0 Å². The Morgan fingerprint density at radius 2 is 2.10 bits per heavy atom. The Morgan fingerprint density at radius 3 is 2.76 bits per heavy atom. The van der Waals surface area contributed by atoms with Crippen LogP contribution in [0.15, 0.2) is 23.1 Å². The minimum Gasteiger partial charge on any atom is -0.326 e. The molecule has 116 valence electrons. The molecule has 5 nitrogen and oxygen atoms in total. The first-order valence-electron chi connectivity index (χ1n) is 7.24. The van der Waals surface area contributed by atoms with E-state index < -0.39 is 10.0 Å². The van der Waals surface area contributed by atoms with E-state index in [2.05, 4.69) is 9.62 Å². The van der Waals surface area contributed by atoms with Crippen molar-refractivity contribution in [1.29, 1.82) is 0 Å². The molecule has 1 saturated carbocycles. The number of rotatable bonds is 5. The number of nitrogens with one attached hydrogen (secondary N) is 1. The fourth-order valence-corrected chi connectivity index (χ4v) is 4.63. The minimum absolute atomic E-state index is 0.0341. The molecule has 0 bridgehead atoms. The predicted molar refractivity (Wildman–Crippen MR) is 82.7 cm³/mol. The number of nitrogens with zero attached hydrogens (tertiary/aromatic N) is 1. The average molecular weight is 330 g/mol. The highest BCUT2D eigenvalue weighted by Gasteiger charge is 2.36. The molecular weight excluding hydrogens is 310 g/mol. The largest absolute Gasteiger partial charge is 0.326 e. The maximum Gasteiger partial charge on any atom is 0.242 e. The SMILES string of the molecule is NCc1ccc(Cl)c(S(=O)(=O)NC2CCN(C3CC3)C2)c1. The van der Waals surface area contributed by atoms with Crippen molar-refractivity contribution in [3.8, 4) is 0 Å². The highest BCUT2D eigenvalue weighted by molar-refractivity contribution is 7.89. The quantitative estimate of drug-likeness (QED) is 0.854. The molecule has 1 saturated heterocycles. The van der Waals surface area contributed by atoms with Crippen molar-refractivity contribution in [3.63, 3.8) is 0 Å². The summed E-state index contributed by atoms with van der Waals surface area (Å²) in [4.78, 5) is 2.49. The summed E-state index contributed by atoms with van der Waals surface area (Å²) in [5, 5.41) is 0.233. The second-order valence-corrected chi connectivity index (χ2v) is 7.89. The van der Waals surface area contributed by atoms with Crippen molar-refractivity contribution in [1.82, 2.24) is 9.62 Å². The molecule has 0 amide bonds. The zero-order valence-corrected chi connectivity index (χ0v) is 13.3. The maximum absolute atomic E-state index is 12.5. The molecule has 1 heterocycles. The normalized spacial score (nSPS) is 23.6. The third-order valence-electron chi connectivity index (χ3n) is 4.13. The van der Waals surface area contributed by atoms with E-state index in [9.17, 15) is 8.42 Å². The van der Waals surface area contributed by atoms with Crippen LogP contribution in [-0.4, -0.2) is 38.5 Å². The maximum atomic E-state index is 12.5. The Hall–Kier alpha value is -0.660. The van der Waals surface area contributed by atoms with Crippen molar-refractivity contribution in [2.45, 2.75) is 42.8 Å². The van der Waals surface area contributed by atoms with Crippen molar-refractivity contribution < 1.29 is 8.42 Å². The molecule has 1 atom stereocenters. The van der Waals surface area contributed by atoms with Gasteiger partial charge in [-0.1, -0.05) is 17.7 Å². The molecule has 2 fully saturated rings. The Bertz CT molecular complexity index is 631. The van der Waals surface area contributed by atoms with Crippen LogP contribution < -0.4 is 10.5 Å². The van der Waals surface area contributed by atoms with E-state index in [1.54, 1.807) is 18.2 Å².